The van der Waals surface area contributed by atoms with Crippen molar-refractivity contribution >= 4 is 58.1 Å². The Morgan fingerprint density at radius 2 is 1.59 bits per heavy atom. The zero-order valence-corrected chi connectivity index (χ0v) is 23.1. The Labute approximate surface area is 224 Å². The maximum atomic E-state index is 13.2. The van der Waals surface area contributed by atoms with E-state index in [9.17, 15) is 24.0 Å². The molecule has 2 fully saturated rings. The number of hydrogen-bond acceptors (Lipinski definition) is 13. The lowest BCUT2D eigenvalue weighted by atomic mass is 9.93. The van der Waals surface area contributed by atoms with E-state index >= 15 is 0 Å². The number of nitrogens with zero attached hydrogens (tertiary/aromatic N) is 1. The molecule has 0 aromatic carbocycles. The fourth-order valence-corrected chi connectivity index (χ4v) is 5.91. The van der Waals surface area contributed by atoms with E-state index in [-0.39, 0.29) is 6.42 Å². The monoisotopic (exact) mass is 563 g/mol. The first-order valence-corrected chi connectivity index (χ1v) is 13.0. The van der Waals surface area contributed by atoms with Crippen LogP contribution in [-0.2, 0) is 52.4 Å². The fourth-order valence-electron chi connectivity index (χ4n) is 4.16. The first kappa shape index (κ1) is 30.8. The van der Waals surface area contributed by atoms with Crippen molar-refractivity contribution in [2.45, 2.75) is 82.7 Å². The zero-order chi connectivity index (χ0) is 27.8. The van der Waals surface area contributed by atoms with Crippen molar-refractivity contribution in [3.05, 3.63) is 0 Å². The third-order valence-corrected chi connectivity index (χ3v) is 7.30. The molecule has 2 heterocycles. The van der Waals surface area contributed by atoms with Crippen molar-refractivity contribution in [2.24, 2.45) is 0 Å². The number of rotatable bonds is 8. The van der Waals surface area contributed by atoms with Crippen LogP contribution in [0.2, 0.25) is 0 Å². The van der Waals surface area contributed by atoms with Crippen molar-refractivity contribution < 1.29 is 52.4 Å². The van der Waals surface area contributed by atoms with E-state index in [0.29, 0.717) is 17.4 Å². The van der Waals surface area contributed by atoms with Gasteiger partial charge >= 0.3 is 29.8 Å². The molecule has 0 amide bonds. The van der Waals surface area contributed by atoms with Crippen LogP contribution in [0.15, 0.2) is 0 Å². The van der Waals surface area contributed by atoms with Gasteiger partial charge in [0, 0.05) is 47.2 Å². The minimum Gasteiger partial charge on any atom is -0.466 e. The molecule has 0 aromatic rings. The van der Waals surface area contributed by atoms with Crippen molar-refractivity contribution in [3.8, 4) is 0 Å². The van der Waals surface area contributed by atoms with Gasteiger partial charge in [-0.15, -0.1) is 0 Å². The predicted octanol–water partition coefficient (Wildman–Crippen LogP) is 1.51. The molecule has 37 heavy (non-hydrogen) atoms. The lowest BCUT2D eigenvalue weighted by Gasteiger charge is -2.47. The quantitative estimate of drug-likeness (QED) is 0.239. The number of methoxy groups -OCH3 is 1. The first-order valence-electron chi connectivity index (χ1n) is 11.8. The summed E-state index contributed by atoms with van der Waals surface area (Å²) in [4.78, 5) is 60.8. The first-order chi connectivity index (χ1) is 17.4. The molecule has 0 saturated carbocycles. The molecule has 14 heteroatoms. The molecule has 12 nitrogen and oxygen atoms in total. The Bertz CT molecular complexity index is 892. The third kappa shape index (κ3) is 8.82. The van der Waals surface area contributed by atoms with Crippen molar-refractivity contribution in [3.63, 3.8) is 0 Å². The van der Waals surface area contributed by atoms with Crippen LogP contribution in [0, 0.1) is 0 Å². The number of thioether (sulfide) groups is 1. The third-order valence-electron chi connectivity index (χ3n) is 5.60. The van der Waals surface area contributed by atoms with Crippen LogP contribution in [-0.4, -0.2) is 95.2 Å². The van der Waals surface area contributed by atoms with Gasteiger partial charge in [0.1, 0.15) is 23.1 Å². The van der Waals surface area contributed by atoms with Gasteiger partial charge in [0.05, 0.1) is 7.11 Å². The second-order valence-electron chi connectivity index (χ2n) is 8.62. The molecular weight excluding hydrogens is 530 g/mol. The Balaban J connectivity index is 2.57. The largest absolute Gasteiger partial charge is 0.466 e. The van der Waals surface area contributed by atoms with E-state index in [4.69, 9.17) is 40.6 Å². The van der Waals surface area contributed by atoms with Crippen LogP contribution < -0.4 is 0 Å². The van der Waals surface area contributed by atoms with Crippen molar-refractivity contribution in [1.82, 2.24) is 4.90 Å². The molecule has 0 bridgehead atoms. The maximum absolute atomic E-state index is 13.2. The maximum Gasteiger partial charge on any atom is 0.349 e. The molecule has 2 aliphatic heterocycles. The molecule has 1 unspecified atom stereocenters. The minimum absolute atomic E-state index is 0.285. The molecule has 0 radical (unpaired) electrons. The van der Waals surface area contributed by atoms with Crippen LogP contribution in [0.25, 0.3) is 0 Å². The number of piperidine rings is 1. The Kier molecular flexibility index (Phi) is 11.6. The summed E-state index contributed by atoms with van der Waals surface area (Å²) in [5.74, 6) is -3.72. The van der Waals surface area contributed by atoms with Crippen LogP contribution in [0.3, 0.4) is 0 Å². The smallest absolute Gasteiger partial charge is 0.349 e. The van der Waals surface area contributed by atoms with Crippen LogP contribution in [0.5, 0.6) is 0 Å². The number of hydrogen-bond donors (Lipinski definition) is 0. The van der Waals surface area contributed by atoms with E-state index in [2.05, 4.69) is 0 Å². The molecule has 0 spiro atoms. The molecule has 5 atom stereocenters. The number of esters is 5. The van der Waals surface area contributed by atoms with Crippen molar-refractivity contribution in [2.75, 3.05) is 26.8 Å². The summed E-state index contributed by atoms with van der Waals surface area (Å²) in [6, 6.07) is 0. The van der Waals surface area contributed by atoms with E-state index < -0.39 is 65.8 Å². The molecule has 0 aliphatic carbocycles. The highest BCUT2D eigenvalue weighted by Crippen LogP contribution is 2.44. The van der Waals surface area contributed by atoms with Gasteiger partial charge in [-0.3, -0.25) is 19.2 Å². The number of thiocarbonyl (C=S) groups is 1. The molecule has 208 valence electrons. The van der Waals surface area contributed by atoms with Gasteiger partial charge in [-0.2, -0.15) is 0 Å². The van der Waals surface area contributed by atoms with Gasteiger partial charge in [0.25, 0.3) is 0 Å². The lowest BCUT2D eigenvalue weighted by Crippen LogP contribution is -2.63. The number of likely N-dealkylation sites (tertiary alicyclic amines) is 1. The molecule has 2 aliphatic rings. The highest BCUT2D eigenvalue weighted by Gasteiger charge is 2.59. The van der Waals surface area contributed by atoms with Gasteiger partial charge in [0.2, 0.25) is 4.93 Å². The van der Waals surface area contributed by atoms with E-state index in [1.807, 2.05) is 4.90 Å². The summed E-state index contributed by atoms with van der Waals surface area (Å²) in [5.41, 5.74) is 0. The summed E-state index contributed by atoms with van der Waals surface area (Å²) in [6.07, 6.45) is -2.64. The minimum atomic E-state index is -1.86. The summed E-state index contributed by atoms with van der Waals surface area (Å²) in [6.45, 7) is 5.48. The SMILES string of the molecule is COC(=O)C1(SC(=S)N2CCCCC2)C[C@@H](OC(C)=O)[C@@H](OC(C)=O)[C@@H]([C@@H](COC(C)=O)OC(C)=O)O1. The van der Waals surface area contributed by atoms with Gasteiger partial charge in [-0.25, -0.2) is 4.79 Å². The normalized spacial score (nSPS) is 26.3. The van der Waals surface area contributed by atoms with Crippen LogP contribution in [0.1, 0.15) is 53.4 Å². The Morgan fingerprint density at radius 1 is 0.973 bits per heavy atom. The number of carbonyl (C=O) groups is 5. The summed E-state index contributed by atoms with van der Waals surface area (Å²) in [7, 11) is 1.16. The molecule has 2 rings (SSSR count). The molecular formula is C23H33NO11S2. The number of ether oxygens (including phenoxy) is 6. The molecule has 0 aromatic heterocycles. The topological polar surface area (TPSA) is 144 Å². The van der Waals surface area contributed by atoms with E-state index in [1.54, 1.807) is 0 Å². The Morgan fingerprint density at radius 3 is 2.11 bits per heavy atom. The highest BCUT2D eigenvalue weighted by atomic mass is 32.2. The van der Waals surface area contributed by atoms with Gasteiger partial charge in [-0.05, 0) is 31.0 Å². The standard InChI is InChI=1S/C23H33NO11S2/c1-13(25)31-12-18(33-15(3)27)20-19(34-16(4)28)17(32-14(2)26)11-23(35-20,21(29)30-5)37-22(36)24-9-7-6-8-10-24/h17-20H,6-12H2,1-5H3/t17-,18-,19-,20-,23?/m1/s1. The fraction of sp³-hybridized carbons (Fsp3) is 0.739. The second-order valence-corrected chi connectivity index (χ2v) is 10.5. The summed E-state index contributed by atoms with van der Waals surface area (Å²) >= 11 is 6.54. The van der Waals surface area contributed by atoms with Crippen LogP contribution in [0.4, 0.5) is 0 Å². The van der Waals surface area contributed by atoms with Gasteiger partial charge in [0.15, 0.2) is 12.2 Å². The lowest BCUT2D eigenvalue weighted by molar-refractivity contribution is -0.241. The van der Waals surface area contributed by atoms with Gasteiger partial charge < -0.3 is 33.3 Å². The summed E-state index contributed by atoms with van der Waals surface area (Å²) < 4.78 is 33.0. The van der Waals surface area contributed by atoms with E-state index in [1.165, 1.54) is 0 Å². The van der Waals surface area contributed by atoms with Crippen LogP contribution >= 0.6 is 24.0 Å². The predicted molar refractivity (Wildman–Crippen MR) is 133 cm³/mol. The Hall–Kier alpha value is -2.45. The highest BCUT2D eigenvalue weighted by molar-refractivity contribution is 8.24. The van der Waals surface area contributed by atoms with Crippen molar-refractivity contribution in [1.29, 1.82) is 0 Å². The molecule has 2 saturated heterocycles. The molecule has 0 N–H and O–H groups in total. The number of carbonyl (C=O) groups excluding carboxylic acids is 5. The average molecular weight is 564 g/mol. The zero-order valence-electron chi connectivity index (χ0n) is 21.5. The second kappa shape index (κ2) is 13.9. The van der Waals surface area contributed by atoms with Gasteiger partial charge in [-0.1, -0.05) is 12.2 Å². The summed E-state index contributed by atoms with van der Waals surface area (Å²) in [5, 5.41) is 0. The average Bonchev–Trinajstić information content (AvgIpc) is 2.82. The van der Waals surface area contributed by atoms with E-state index in [0.717, 1.165) is 65.8 Å².